The van der Waals surface area contributed by atoms with Crippen molar-refractivity contribution in [2.24, 2.45) is 0 Å². The largest absolute Gasteiger partial charge is 0.353 e. The third-order valence-corrected chi connectivity index (χ3v) is 3.93. The molecule has 0 atom stereocenters. The van der Waals surface area contributed by atoms with E-state index in [0.29, 0.717) is 29.1 Å². The molecule has 0 spiro atoms. The van der Waals surface area contributed by atoms with Crippen molar-refractivity contribution in [3.8, 4) is 0 Å². The normalized spacial score (nSPS) is 13.4. The molecule has 6 nitrogen and oxygen atoms in total. The summed E-state index contributed by atoms with van der Waals surface area (Å²) in [5, 5.41) is 7.98. The summed E-state index contributed by atoms with van der Waals surface area (Å²) in [7, 11) is 0. The predicted molar refractivity (Wildman–Crippen MR) is 90.3 cm³/mol. The summed E-state index contributed by atoms with van der Waals surface area (Å²) < 4.78 is 17.2. The van der Waals surface area contributed by atoms with Crippen LogP contribution in [0.2, 0.25) is 0 Å². The van der Waals surface area contributed by atoms with Gasteiger partial charge in [0.2, 0.25) is 5.95 Å². The zero-order chi connectivity index (χ0) is 16.8. The third-order valence-electron chi connectivity index (χ3n) is 3.93. The van der Waals surface area contributed by atoms with Crippen molar-refractivity contribution < 1.29 is 4.39 Å². The summed E-state index contributed by atoms with van der Waals surface area (Å²) in [5.74, 6) is 0.204. The fourth-order valence-electron chi connectivity index (χ4n) is 2.94. The van der Waals surface area contributed by atoms with E-state index < -0.39 is 0 Å². The minimum absolute atomic E-state index is 0.142. The Kier molecular flexibility index (Phi) is 3.23. The van der Waals surface area contributed by atoms with E-state index in [2.05, 4.69) is 15.4 Å². The Balaban J connectivity index is 1.94. The van der Waals surface area contributed by atoms with Crippen LogP contribution in [-0.4, -0.2) is 25.4 Å². The van der Waals surface area contributed by atoms with Gasteiger partial charge in [0, 0.05) is 18.2 Å². The minimum atomic E-state index is -0.323. The summed E-state index contributed by atoms with van der Waals surface area (Å²) in [5.41, 5.74) is 1.82. The van der Waals surface area contributed by atoms with Crippen LogP contribution in [0.15, 0.2) is 41.3 Å². The van der Waals surface area contributed by atoms with E-state index >= 15 is 0 Å². The van der Waals surface area contributed by atoms with Crippen LogP contribution >= 0.6 is 0 Å². The second-order valence-corrected chi connectivity index (χ2v) is 6.04. The second-order valence-electron chi connectivity index (χ2n) is 6.04. The Bertz CT molecular complexity index is 1030. The Morgan fingerprint density at radius 2 is 2.17 bits per heavy atom. The fraction of sp³-hybridized carbons (Fsp3) is 0.235. The summed E-state index contributed by atoms with van der Waals surface area (Å²) in [6.45, 7) is 4.49. The zero-order valence-corrected chi connectivity index (χ0v) is 13.3. The molecule has 1 N–H and O–H groups in total. The second kappa shape index (κ2) is 5.30. The number of allylic oxidation sites excluding steroid dienone is 1. The Morgan fingerprint density at radius 3 is 2.92 bits per heavy atom. The Hall–Kier alpha value is -2.96. The highest BCUT2D eigenvalue weighted by Crippen LogP contribution is 2.27. The van der Waals surface area contributed by atoms with Gasteiger partial charge in [0.05, 0.1) is 11.9 Å². The first kappa shape index (κ1) is 14.6. The molecule has 0 saturated heterocycles. The number of nitrogens with one attached hydrogen (secondary N) is 1. The standard InChI is InChI=1S/C17H16FN5O/c1-10(2)20-17-21-15(24)13-9-19-23-14(6-7-22(17)16(13)23)11-4-3-5-12(18)8-11/h3-6,8-10H,7H2,1-2H3,(H,20,21,24). The van der Waals surface area contributed by atoms with Crippen LogP contribution in [0.25, 0.3) is 16.7 Å². The summed E-state index contributed by atoms with van der Waals surface area (Å²) in [4.78, 5) is 16.4. The molecule has 0 saturated carbocycles. The number of anilines is 1. The summed E-state index contributed by atoms with van der Waals surface area (Å²) in [6.07, 6.45) is 3.46. The van der Waals surface area contributed by atoms with Gasteiger partial charge in [-0.25, -0.2) is 9.07 Å². The number of hydrogen-bond acceptors (Lipinski definition) is 4. The molecule has 2 aromatic heterocycles. The average Bonchev–Trinajstić information content (AvgIpc) is 2.97. The van der Waals surface area contributed by atoms with Crippen molar-refractivity contribution in [3.05, 3.63) is 58.3 Å². The van der Waals surface area contributed by atoms with E-state index in [4.69, 9.17) is 0 Å². The third kappa shape index (κ3) is 2.20. The van der Waals surface area contributed by atoms with Crippen LogP contribution in [0.3, 0.4) is 0 Å². The van der Waals surface area contributed by atoms with E-state index in [1.165, 1.54) is 18.3 Å². The van der Waals surface area contributed by atoms with Gasteiger partial charge in [-0.15, -0.1) is 0 Å². The van der Waals surface area contributed by atoms with E-state index in [1.54, 1.807) is 10.7 Å². The van der Waals surface area contributed by atoms with Crippen molar-refractivity contribution in [2.75, 3.05) is 5.32 Å². The molecule has 4 rings (SSSR count). The Morgan fingerprint density at radius 1 is 1.33 bits per heavy atom. The van der Waals surface area contributed by atoms with Gasteiger partial charge in [-0.1, -0.05) is 12.1 Å². The molecule has 0 aliphatic carbocycles. The Labute approximate surface area is 137 Å². The van der Waals surface area contributed by atoms with Crippen molar-refractivity contribution in [1.29, 1.82) is 0 Å². The van der Waals surface area contributed by atoms with Crippen LogP contribution in [0.5, 0.6) is 0 Å². The lowest BCUT2D eigenvalue weighted by atomic mass is 10.1. The van der Waals surface area contributed by atoms with Crippen LogP contribution < -0.4 is 10.9 Å². The molecule has 122 valence electrons. The molecule has 0 amide bonds. The zero-order valence-electron chi connectivity index (χ0n) is 13.3. The van der Waals surface area contributed by atoms with Gasteiger partial charge in [0.1, 0.15) is 11.2 Å². The highest BCUT2D eigenvalue weighted by Gasteiger charge is 2.22. The smallest absolute Gasteiger partial charge is 0.285 e. The molecule has 24 heavy (non-hydrogen) atoms. The molecule has 0 radical (unpaired) electrons. The lowest BCUT2D eigenvalue weighted by Gasteiger charge is -2.22. The number of aromatic nitrogens is 4. The maximum absolute atomic E-state index is 13.6. The van der Waals surface area contributed by atoms with Gasteiger partial charge in [-0.05, 0) is 32.1 Å². The van der Waals surface area contributed by atoms with E-state index in [9.17, 15) is 9.18 Å². The highest BCUT2D eigenvalue weighted by atomic mass is 19.1. The van der Waals surface area contributed by atoms with Crippen LogP contribution in [0.4, 0.5) is 10.3 Å². The summed E-state index contributed by atoms with van der Waals surface area (Å²) in [6, 6.07) is 6.49. The van der Waals surface area contributed by atoms with E-state index in [1.807, 2.05) is 30.6 Å². The van der Waals surface area contributed by atoms with Crippen molar-refractivity contribution in [1.82, 2.24) is 19.3 Å². The van der Waals surface area contributed by atoms with E-state index in [0.717, 1.165) is 5.70 Å². The quantitative estimate of drug-likeness (QED) is 0.803. The molecule has 0 unspecified atom stereocenters. The van der Waals surface area contributed by atoms with Crippen molar-refractivity contribution in [2.45, 2.75) is 26.4 Å². The molecule has 7 heteroatoms. The molecule has 3 heterocycles. The molecule has 0 bridgehead atoms. The first-order valence-corrected chi connectivity index (χ1v) is 7.76. The SMILES string of the molecule is CC(C)Nc1nc(=O)c2cnn3c2n1CC=C3c1cccc(F)c1. The minimum Gasteiger partial charge on any atom is -0.353 e. The van der Waals surface area contributed by atoms with Crippen molar-refractivity contribution >= 4 is 22.7 Å². The summed E-state index contributed by atoms with van der Waals surface area (Å²) >= 11 is 0. The molecular formula is C17H16FN5O. The molecule has 1 aromatic carbocycles. The molecule has 3 aromatic rings. The van der Waals surface area contributed by atoms with Crippen molar-refractivity contribution in [3.63, 3.8) is 0 Å². The molecule has 0 fully saturated rings. The fourth-order valence-corrected chi connectivity index (χ4v) is 2.94. The van der Waals surface area contributed by atoms with Gasteiger partial charge in [-0.3, -0.25) is 9.36 Å². The predicted octanol–water partition coefficient (Wildman–Crippen LogP) is 2.46. The molecule has 1 aliphatic heterocycles. The highest BCUT2D eigenvalue weighted by molar-refractivity contribution is 5.83. The van der Waals surface area contributed by atoms with Crippen LogP contribution in [-0.2, 0) is 6.54 Å². The van der Waals surface area contributed by atoms with Crippen LogP contribution in [0, 0.1) is 5.82 Å². The average molecular weight is 325 g/mol. The van der Waals surface area contributed by atoms with Gasteiger partial charge >= 0.3 is 0 Å². The lowest BCUT2D eigenvalue weighted by molar-refractivity contribution is 0.627. The number of nitrogens with zero attached hydrogens (tertiary/aromatic N) is 4. The topological polar surface area (TPSA) is 64.7 Å². The monoisotopic (exact) mass is 325 g/mol. The maximum Gasteiger partial charge on any atom is 0.285 e. The van der Waals surface area contributed by atoms with Gasteiger partial charge in [-0.2, -0.15) is 10.1 Å². The van der Waals surface area contributed by atoms with Gasteiger partial charge in [0.15, 0.2) is 5.65 Å². The lowest BCUT2D eigenvalue weighted by Crippen LogP contribution is -2.25. The first-order valence-electron chi connectivity index (χ1n) is 7.76. The van der Waals surface area contributed by atoms with Gasteiger partial charge in [0.25, 0.3) is 5.56 Å². The molecule has 1 aliphatic rings. The number of benzene rings is 1. The first-order chi connectivity index (χ1) is 11.5. The van der Waals surface area contributed by atoms with Crippen LogP contribution in [0.1, 0.15) is 19.4 Å². The number of hydrogen-bond donors (Lipinski definition) is 1. The number of halogens is 1. The number of rotatable bonds is 3. The van der Waals surface area contributed by atoms with E-state index in [-0.39, 0.29) is 17.4 Å². The molecular weight excluding hydrogens is 309 g/mol. The van der Waals surface area contributed by atoms with Gasteiger partial charge < -0.3 is 5.32 Å². The maximum atomic E-state index is 13.6.